The van der Waals surface area contributed by atoms with Crippen molar-refractivity contribution in [1.29, 1.82) is 0 Å². The van der Waals surface area contributed by atoms with Gasteiger partial charge in [-0.3, -0.25) is 14.4 Å². The maximum absolute atomic E-state index is 10.9. The van der Waals surface area contributed by atoms with Crippen LogP contribution in [0.15, 0.2) is 0 Å². The molecule has 0 radical (unpaired) electrons. The number of carbonyl (C=O) groups is 3. The minimum atomic E-state index is -1.01. The number of rotatable bonds is 6. The quantitative estimate of drug-likeness (QED) is 0.520. The minimum Gasteiger partial charge on any atom is -0.481 e. The molecule has 0 saturated carbocycles. The van der Waals surface area contributed by atoms with Crippen LogP contribution in [0.4, 0.5) is 0 Å². The first-order valence-electron chi connectivity index (χ1n) is 4.25. The molecule has 0 saturated heterocycles. The predicted octanol–water partition coefficient (Wildman–Crippen LogP) is -0.896. The summed E-state index contributed by atoms with van der Waals surface area (Å²) in [4.78, 5) is 31.7. The molecule has 6 nitrogen and oxygen atoms in total. The molecule has 6 heteroatoms. The van der Waals surface area contributed by atoms with Crippen LogP contribution in [0.5, 0.6) is 0 Å². The van der Waals surface area contributed by atoms with Gasteiger partial charge in [-0.1, -0.05) is 0 Å². The van der Waals surface area contributed by atoms with E-state index in [2.05, 4.69) is 10.6 Å². The second-order valence-electron chi connectivity index (χ2n) is 2.67. The number of carboxylic acids is 1. The smallest absolute Gasteiger partial charge is 0.303 e. The van der Waals surface area contributed by atoms with Crippen molar-refractivity contribution >= 4 is 17.8 Å². The Kier molecular flexibility index (Phi) is 6.09. The first kappa shape index (κ1) is 12.4. The zero-order valence-corrected chi connectivity index (χ0v) is 8.00. The van der Waals surface area contributed by atoms with Crippen molar-refractivity contribution in [2.75, 3.05) is 13.6 Å². The summed E-state index contributed by atoms with van der Waals surface area (Å²) in [6.07, 6.45) is -0.0375. The van der Waals surface area contributed by atoms with E-state index in [0.717, 1.165) is 0 Å². The van der Waals surface area contributed by atoms with Gasteiger partial charge in [-0.05, 0) is 0 Å². The summed E-state index contributed by atoms with van der Waals surface area (Å²) in [5.74, 6) is -1.52. The van der Waals surface area contributed by atoms with Crippen molar-refractivity contribution in [3.05, 3.63) is 0 Å². The van der Waals surface area contributed by atoms with Gasteiger partial charge < -0.3 is 15.7 Å². The lowest BCUT2D eigenvalue weighted by molar-refractivity contribution is -0.138. The summed E-state index contributed by atoms with van der Waals surface area (Å²) in [5.41, 5.74) is 0. The molecule has 0 rings (SSSR count). The summed E-state index contributed by atoms with van der Waals surface area (Å²) in [7, 11) is 1.51. The van der Waals surface area contributed by atoms with Crippen LogP contribution in [0.25, 0.3) is 0 Å². The Labute approximate surface area is 81.7 Å². The lowest BCUT2D eigenvalue weighted by atomic mass is 10.3. The van der Waals surface area contributed by atoms with Crippen LogP contribution < -0.4 is 10.6 Å². The third-order valence-electron chi connectivity index (χ3n) is 1.52. The Morgan fingerprint density at radius 2 is 1.71 bits per heavy atom. The van der Waals surface area contributed by atoms with Crippen molar-refractivity contribution in [3.8, 4) is 0 Å². The van der Waals surface area contributed by atoms with Crippen LogP contribution in [0.2, 0.25) is 0 Å². The molecule has 0 aromatic heterocycles. The van der Waals surface area contributed by atoms with Crippen molar-refractivity contribution in [1.82, 2.24) is 10.6 Å². The van der Waals surface area contributed by atoms with Crippen LogP contribution in [0.1, 0.15) is 19.3 Å². The van der Waals surface area contributed by atoms with Gasteiger partial charge in [0.05, 0.1) is 6.42 Å². The van der Waals surface area contributed by atoms with Crippen LogP contribution >= 0.6 is 0 Å². The Balaban J connectivity index is 3.45. The van der Waals surface area contributed by atoms with Crippen LogP contribution in [-0.2, 0) is 14.4 Å². The highest BCUT2D eigenvalue weighted by molar-refractivity contribution is 5.81. The van der Waals surface area contributed by atoms with E-state index in [0.29, 0.717) is 0 Å². The average molecular weight is 202 g/mol. The Morgan fingerprint density at radius 3 is 2.21 bits per heavy atom. The van der Waals surface area contributed by atoms with Gasteiger partial charge in [0.2, 0.25) is 11.8 Å². The number of hydrogen-bond acceptors (Lipinski definition) is 3. The molecular formula is C8H14N2O4. The molecule has 0 aromatic rings. The van der Waals surface area contributed by atoms with Gasteiger partial charge in [-0.2, -0.15) is 0 Å². The molecule has 14 heavy (non-hydrogen) atoms. The average Bonchev–Trinajstić information content (AvgIpc) is 2.14. The molecule has 0 heterocycles. The van der Waals surface area contributed by atoms with E-state index < -0.39 is 5.97 Å². The molecule has 0 fully saturated rings. The molecule has 0 aromatic carbocycles. The Morgan fingerprint density at radius 1 is 1.07 bits per heavy atom. The number of hydrogen-bond donors (Lipinski definition) is 3. The largest absolute Gasteiger partial charge is 0.481 e. The van der Waals surface area contributed by atoms with Gasteiger partial charge in [0.15, 0.2) is 0 Å². The van der Waals surface area contributed by atoms with Crippen LogP contribution in [0.3, 0.4) is 0 Å². The van der Waals surface area contributed by atoms with Gasteiger partial charge in [0, 0.05) is 26.4 Å². The fourth-order valence-corrected chi connectivity index (χ4v) is 0.749. The molecule has 0 spiro atoms. The van der Waals surface area contributed by atoms with Crippen LogP contribution in [0, 0.1) is 0 Å². The monoisotopic (exact) mass is 202 g/mol. The SMILES string of the molecule is CNC(=O)CCNC(=O)CCC(=O)O. The summed E-state index contributed by atoms with van der Waals surface area (Å²) in [6.45, 7) is 0.234. The van der Waals surface area contributed by atoms with Gasteiger partial charge in [-0.25, -0.2) is 0 Å². The molecule has 0 aliphatic rings. The zero-order chi connectivity index (χ0) is 11.0. The van der Waals surface area contributed by atoms with E-state index in [1.54, 1.807) is 0 Å². The van der Waals surface area contributed by atoms with Gasteiger partial charge >= 0.3 is 5.97 Å². The second kappa shape index (κ2) is 6.88. The number of carbonyl (C=O) groups excluding carboxylic acids is 2. The highest BCUT2D eigenvalue weighted by atomic mass is 16.4. The molecule has 0 unspecified atom stereocenters. The van der Waals surface area contributed by atoms with Crippen molar-refractivity contribution in [3.63, 3.8) is 0 Å². The third kappa shape index (κ3) is 7.08. The summed E-state index contributed by atoms with van der Waals surface area (Å²) >= 11 is 0. The normalized spacial score (nSPS) is 9.21. The third-order valence-corrected chi connectivity index (χ3v) is 1.52. The van der Waals surface area contributed by atoms with Gasteiger partial charge in [-0.15, -0.1) is 0 Å². The van der Waals surface area contributed by atoms with E-state index in [-0.39, 0.29) is 37.6 Å². The van der Waals surface area contributed by atoms with E-state index in [1.807, 2.05) is 0 Å². The zero-order valence-electron chi connectivity index (χ0n) is 8.00. The molecule has 0 atom stereocenters. The number of aliphatic carboxylic acids is 1. The topological polar surface area (TPSA) is 95.5 Å². The predicted molar refractivity (Wildman–Crippen MR) is 48.6 cm³/mol. The minimum absolute atomic E-state index is 0.0525. The first-order chi connectivity index (χ1) is 6.56. The summed E-state index contributed by atoms with van der Waals surface area (Å²) in [5, 5.41) is 13.1. The van der Waals surface area contributed by atoms with Crippen molar-refractivity contribution in [2.24, 2.45) is 0 Å². The summed E-state index contributed by atoms with van der Waals surface area (Å²) < 4.78 is 0. The molecular weight excluding hydrogens is 188 g/mol. The van der Waals surface area contributed by atoms with E-state index in [4.69, 9.17) is 5.11 Å². The van der Waals surface area contributed by atoms with E-state index >= 15 is 0 Å². The lowest BCUT2D eigenvalue weighted by Gasteiger charge is -2.02. The first-order valence-corrected chi connectivity index (χ1v) is 4.25. The van der Waals surface area contributed by atoms with Crippen LogP contribution in [-0.4, -0.2) is 36.5 Å². The second-order valence-corrected chi connectivity index (χ2v) is 2.67. The number of nitrogens with one attached hydrogen (secondary N) is 2. The molecule has 2 amide bonds. The lowest BCUT2D eigenvalue weighted by Crippen LogP contribution is -2.29. The van der Waals surface area contributed by atoms with Gasteiger partial charge in [0.25, 0.3) is 0 Å². The number of amides is 2. The molecule has 80 valence electrons. The van der Waals surface area contributed by atoms with Crippen molar-refractivity contribution < 1.29 is 19.5 Å². The van der Waals surface area contributed by atoms with E-state index in [9.17, 15) is 14.4 Å². The maximum atomic E-state index is 10.9. The molecule has 0 bridgehead atoms. The Hall–Kier alpha value is -1.59. The van der Waals surface area contributed by atoms with Crippen molar-refractivity contribution in [2.45, 2.75) is 19.3 Å². The highest BCUT2D eigenvalue weighted by Gasteiger charge is 2.05. The van der Waals surface area contributed by atoms with Gasteiger partial charge in [0.1, 0.15) is 0 Å². The molecule has 0 aliphatic carbocycles. The van der Waals surface area contributed by atoms with E-state index in [1.165, 1.54) is 7.05 Å². The molecule has 0 aliphatic heterocycles. The maximum Gasteiger partial charge on any atom is 0.303 e. The number of carboxylic acid groups (broad SMARTS) is 1. The standard InChI is InChI=1S/C8H14N2O4/c1-9-6(11)4-5-10-7(12)2-3-8(13)14/h2-5H2,1H3,(H,9,11)(H,10,12)(H,13,14). The Bertz CT molecular complexity index is 227. The fraction of sp³-hybridized carbons (Fsp3) is 0.625. The highest BCUT2D eigenvalue weighted by Crippen LogP contribution is 1.88. The molecule has 3 N–H and O–H groups in total. The summed E-state index contributed by atoms with van der Waals surface area (Å²) in [6, 6.07) is 0. The fourth-order valence-electron chi connectivity index (χ4n) is 0.749.